The average molecular weight is 225 g/mol. The summed E-state index contributed by atoms with van der Waals surface area (Å²) in [4.78, 5) is 0. The molecular formula is C13H18FO2. The molecule has 3 heteroatoms. The van der Waals surface area contributed by atoms with E-state index in [1.807, 2.05) is 32.0 Å². The first kappa shape index (κ1) is 12.8. The molecule has 0 saturated carbocycles. The Labute approximate surface area is 96.4 Å². The zero-order valence-corrected chi connectivity index (χ0v) is 9.83. The Balaban J connectivity index is 3.09. The smallest absolute Gasteiger partial charge is 0.164 e. The quantitative estimate of drug-likeness (QED) is 0.739. The highest BCUT2D eigenvalue weighted by molar-refractivity contribution is 5.48. The van der Waals surface area contributed by atoms with Gasteiger partial charge in [0.05, 0.1) is 19.9 Å². The van der Waals surface area contributed by atoms with Crippen LogP contribution in [0.5, 0.6) is 11.5 Å². The first-order valence-corrected chi connectivity index (χ1v) is 5.52. The van der Waals surface area contributed by atoms with Crippen molar-refractivity contribution in [1.29, 1.82) is 0 Å². The summed E-state index contributed by atoms with van der Waals surface area (Å²) in [6, 6.07) is 5.48. The lowest BCUT2D eigenvalue weighted by atomic mass is 10.0. The maximum atomic E-state index is 12.7. The molecule has 0 aliphatic rings. The molecule has 1 rings (SSSR count). The largest absolute Gasteiger partial charge is 0.490 e. The average Bonchev–Trinajstić information content (AvgIpc) is 2.31. The Kier molecular flexibility index (Phi) is 5.09. The van der Waals surface area contributed by atoms with Crippen LogP contribution >= 0.6 is 0 Å². The van der Waals surface area contributed by atoms with Crippen molar-refractivity contribution in [3.8, 4) is 11.5 Å². The summed E-state index contributed by atoms with van der Waals surface area (Å²) in [6.45, 7) is 8.13. The van der Waals surface area contributed by atoms with Crippen LogP contribution in [0.2, 0.25) is 0 Å². The molecule has 0 bridgehead atoms. The summed E-state index contributed by atoms with van der Waals surface area (Å²) < 4.78 is 23.6. The van der Waals surface area contributed by atoms with E-state index >= 15 is 0 Å². The first-order chi connectivity index (χ1) is 7.74. The van der Waals surface area contributed by atoms with Crippen molar-refractivity contribution < 1.29 is 13.9 Å². The lowest BCUT2D eigenvalue weighted by molar-refractivity contribution is 0.283. The number of alkyl halides is 1. The van der Waals surface area contributed by atoms with Gasteiger partial charge in [-0.3, -0.25) is 4.39 Å². The molecule has 1 atom stereocenters. The van der Waals surface area contributed by atoms with E-state index in [1.54, 1.807) is 0 Å². The lowest BCUT2D eigenvalue weighted by Crippen LogP contribution is -2.05. The molecule has 89 valence electrons. The van der Waals surface area contributed by atoms with Gasteiger partial charge in [-0.1, -0.05) is 12.1 Å². The predicted octanol–water partition coefficient (Wildman–Crippen LogP) is 3.37. The van der Waals surface area contributed by atoms with E-state index in [0.29, 0.717) is 24.7 Å². The minimum atomic E-state index is -0.504. The number of hydrogen-bond donors (Lipinski definition) is 0. The van der Waals surface area contributed by atoms with Gasteiger partial charge < -0.3 is 9.47 Å². The van der Waals surface area contributed by atoms with Crippen molar-refractivity contribution in [3.63, 3.8) is 0 Å². The molecular weight excluding hydrogens is 207 g/mol. The molecule has 0 aliphatic heterocycles. The van der Waals surface area contributed by atoms with Gasteiger partial charge in [0.25, 0.3) is 0 Å². The Morgan fingerprint density at radius 1 is 1.25 bits per heavy atom. The van der Waals surface area contributed by atoms with Crippen molar-refractivity contribution in [2.75, 3.05) is 19.9 Å². The molecule has 1 aromatic rings. The molecule has 0 heterocycles. The third-order valence-corrected chi connectivity index (χ3v) is 2.22. The van der Waals surface area contributed by atoms with Crippen molar-refractivity contribution in [3.05, 3.63) is 30.7 Å². The van der Waals surface area contributed by atoms with Crippen LogP contribution < -0.4 is 9.47 Å². The Bertz CT molecular complexity index is 326. The van der Waals surface area contributed by atoms with Crippen LogP contribution in [0.15, 0.2) is 18.2 Å². The van der Waals surface area contributed by atoms with E-state index in [9.17, 15) is 4.39 Å². The first-order valence-electron chi connectivity index (χ1n) is 5.52. The molecule has 1 aromatic carbocycles. The standard InChI is InChI=1S/C13H18FO2/c1-4-15-12-8-6-7-11(10(3)9-14)13(12)16-5-2/h6-8,10H,3-5,9H2,1-2H3. The zero-order chi connectivity index (χ0) is 12.0. The fourth-order valence-corrected chi connectivity index (χ4v) is 1.51. The molecule has 0 fully saturated rings. The van der Waals surface area contributed by atoms with E-state index in [-0.39, 0.29) is 0 Å². The second-order valence-electron chi connectivity index (χ2n) is 3.39. The zero-order valence-electron chi connectivity index (χ0n) is 9.83. The van der Waals surface area contributed by atoms with Gasteiger partial charge in [-0.15, -0.1) is 0 Å². The molecule has 16 heavy (non-hydrogen) atoms. The van der Waals surface area contributed by atoms with Crippen molar-refractivity contribution in [2.24, 2.45) is 0 Å². The Morgan fingerprint density at radius 2 is 1.94 bits per heavy atom. The molecule has 0 aliphatic carbocycles. The van der Waals surface area contributed by atoms with Crippen LogP contribution in [0, 0.1) is 6.92 Å². The van der Waals surface area contributed by atoms with Gasteiger partial charge in [-0.2, -0.15) is 0 Å². The van der Waals surface area contributed by atoms with Gasteiger partial charge in [0, 0.05) is 11.5 Å². The molecule has 0 saturated heterocycles. The van der Waals surface area contributed by atoms with Crippen LogP contribution in [0.25, 0.3) is 0 Å². The van der Waals surface area contributed by atoms with Crippen molar-refractivity contribution in [2.45, 2.75) is 19.8 Å². The van der Waals surface area contributed by atoms with Gasteiger partial charge >= 0.3 is 0 Å². The summed E-state index contributed by atoms with van der Waals surface area (Å²) in [5, 5.41) is 0. The highest BCUT2D eigenvalue weighted by Crippen LogP contribution is 2.35. The molecule has 1 radical (unpaired) electrons. The fourth-order valence-electron chi connectivity index (χ4n) is 1.51. The molecule has 0 spiro atoms. The van der Waals surface area contributed by atoms with E-state index in [0.717, 1.165) is 5.56 Å². The van der Waals surface area contributed by atoms with Gasteiger partial charge in [0.2, 0.25) is 0 Å². The normalized spacial score (nSPS) is 12.2. The van der Waals surface area contributed by atoms with E-state index < -0.39 is 12.6 Å². The van der Waals surface area contributed by atoms with Crippen LogP contribution in [0.1, 0.15) is 25.3 Å². The minimum absolute atomic E-state index is 0.415. The monoisotopic (exact) mass is 225 g/mol. The van der Waals surface area contributed by atoms with E-state index in [4.69, 9.17) is 9.47 Å². The second-order valence-corrected chi connectivity index (χ2v) is 3.39. The topological polar surface area (TPSA) is 18.5 Å². The Morgan fingerprint density at radius 3 is 2.50 bits per heavy atom. The molecule has 2 nitrogen and oxygen atoms in total. The van der Waals surface area contributed by atoms with Crippen molar-refractivity contribution in [1.82, 2.24) is 0 Å². The highest BCUT2D eigenvalue weighted by Gasteiger charge is 2.15. The summed E-state index contributed by atoms with van der Waals surface area (Å²) >= 11 is 0. The van der Waals surface area contributed by atoms with Gasteiger partial charge in [-0.05, 0) is 26.8 Å². The highest BCUT2D eigenvalue weighted by atomic mass is 19.1. The third-order valence-electron chi connectivity index (χ3n) is 2.22. The summed E-state index contributed by atoms with van der Waals surface area (Å²) in [6.07, 6.45) is 0. The van der Waals surface area contributed by atoms with Crippen LogP contribution in [0.3, 0.4) is 0 Å². The summed E-state index contributed by atoms with van der Waals surface area (Å²) in [5.41, 5.74) is 0.760. The molecule has 0 amide bonds. The summed E-state index contributed by atoms with van der Waals surface area (Å²) in [7, 11) is 0. The predicted molar refractivity (Wildman–Crippen MR) is 62.9 cm³/mol. The SMILES string of the molecule is [CH2]C(CF)c1cccc(OCC)c1OCC. The van der Waals surface area contributed by atoms with Gasteiger partial charge in [0.1, 0.15) is 0 Å². The van der Waals surface area contributed by atoms with Gasteiger partial charge in [-0.25, -0.2) is 0 Å². The van der Waals surface area contributed by atoms with Crippen LogP contribution in [-0.4, -0.2) is 19.9 Å². The van der Waals surface area contributed by atoms with Crippen LogP contribution in [-0.2, 0) is 0 Å². The number of halogens is 1. The number of ether oxygens (including phenoxy) is 2. The third kappa shape index (κ3) is 2.87. The number of para-hydroxylation sites is 1. The number of hydrogen-bond acceptors (Lipinski definition) is 2. The minimum Gasteiger partial charge on any atom is -0.490 e. The Hall–Kier alpha value is -1.25. The second kappa shape index (κ2) is 6.36. The van der Waals surface area contributed by atoms with Crippen LogP contribution in [0.4, 0.5) is 4.39 Å². The van der Waals surface area contributed by atoms with Gasteiger partial charge in [0.15, 0.2) is 11.5 Å². The molecule has 0 aromatic heterocycles. The summed E-state index contributed by atoms with van der Waals surface area (Å²) in [5.74, 6) is 0.857. The number of benzene rings is 1. The van der Waals surface area contributed by atoms with E-state index in [1.165, 1.54) is 0 Å². The maximum absolute atomic E-state index is 12.7. The maximum Gasteiger partial charge on any atom is 0.164 e. The lowest BCUT2D eigenvalue weighted by Gasteiger charge is -2.17. The van der Waals surface area contributed by atoms with E-state index in [2.05, 4.69) is 6.92 Å². The molecule has 0 N–H and O–H groups in total. The fraction of sp³-hybridized carbons (Fsp3) is 0.462. The number of rotatable bonds is 6. The molecule has 1 unspecified atom stereocenters. The van der Waals surface area contributed by atoms with Crippen molar-refractivity contribution >= 4 is 0 Å².